The number of nitrogens with one attached hydrogen (secondary N) is 1. The minimum atomic E-state index is -1.68. The van der Waals surface area contributed by atoms with E-state index >= 15 is 0 Å². The lowest BCUT2D eigenvalue weighted by atomic mass is 9.93. The minimum Gasteiger partial charge on any atom is -0.414 e. The summed E-state index contributed by atoms with van der Waals surface area (Å²) in [7, 11) is -1.68. The number of hydrogen-bond acceptors (Lipinski definition) is 2. The zero-order chi connectivity index (χ0) is 17.3. The highest BCUT2D eigenvalue weighted by Crippen LogP contribution is 2.39. The van der Waals surface area contributed by atoms with Crippen LogP contribution in [0, 0.1) is 5.82 Å². The number of hydrogen-bond donors (Lipinski definition) is 1. The number of anilines is 1. The van der Waals surface area contributed by atoms with Gasteiger partial charge in [0.15, 0.2) is 8.32 Å². The van der Waals surface area contributed by atoms with Crippen LogP contribution in [0.3, 0.4) is 0 Å². The summed E-state index contributed by atoms with van der Waals surface area (Å²) in [6.45, 7) is 11.5. The van der Waals surface area contributed by atoms with E-state index in [0.29, 0.717) is 12.1 Å². The minimum absolute atomic E-state index is 0.203. The van der Waals surface area contributed by atoms with Crippen LogP contribution < -0.4 is 5.32 Å². The first-order valence-electron chi connectivity index (χ1n) is 8.48. The molecule has 0 unspecified atom stereocenters. The van der Waals surface area contributed by atoms with Gasteiger partial charge >= 0.3 is 0 Å². The van der Waals surface area contributed by atoms with Crippen LogP contribution in [0.15, 0.2) is 22.7 Å². The van der Waals surface area contributed by atoms with Gasteiger partial charge in [0.25, 0.3) is 0 Å². The first-order chi connectivity index (χ1) is 10.6. The normalized spacial score (nSPS) is 22.9. The lowest BCUT2D eigenvalue weighted by Crippen LogP contribution is -2.45. The van der Waals surface area contributed by atoms with Crippen molar-refractivity contribution in [3.63, 3.8) is 0 Å². The summed E-state index contributed by atoms with van der Waals surface area (Å²) < 4.78 is 20.8. The molecule has 1 saturated carbocycles. The van der Waals surface area contributed by atoms with Crippen molar-refractivity contribution in [1.82, 2.24) is 0 Å². The van der Waals surface area contributed by atoms with Crippen LogP contribution in [0.1, 0.15) is 46.5 Å². The Balaban J connectivity index is 1.88. The predicted molar refractivity (Wildman–Crippen MR) is 102 cm³/mol. The third-order valence-corrected chi connectivity index (χ3v) is 10.5. The Morgan fingerprint density at radius 3 is 2.35 bits per heavy atom. The first-order valence-corrected chi connectivity index (χ1v) is 12.2. The van der Waals surface area contributed by atoms with Gasteiger partial charge in [0.2, 0.25) is 0 Å². The lowest BCUT2D eigenvalue weighted by Gasteiger charge is -2.41. The molecule has 0 amide bonds. The molecule has 0 heterocycles. The van der Waals surface area contributed by atoms with Crippen LogP contribution in [0.25, 0.3) is 0 Å². The molecule has 23 heavy (non-hydrogen) atoms. The molecule has 1 N–H and O–H groups in total. The van der Waals surface area contributed by atoms with Crippen LogP contribution in [0.5, 0.6) is 0 Å². The van der Waals surface area contributed by atoms with Crippen LogP contribution in [-0.2, 0) is 4.43 Å². The van der Waals surface area contributed by atoms with Gasteiger partial charge < -0.3 is 9.74 Å². The molecular formula is C18H29BrFNOSi. The van der Waals surface area contributed by atoms with Gasteiger partial charge in [0, 0.05) is 16.6 Å². The van der Waals surface area contributed by atoms with E-state index in [1.165, 1.54) is 6.07 Å². The fourth-order valence-corrected chi connectivity index (χ4v) is 4.53. The topological polar surface area (TPSA) is 21.3 Å². The van der Waals surface area contributed by atoms with Crippen LogP contribution in [-0.4, -0.2) is 20.5 Å². The zero-order valence-corrected chi connectivity index (χ0v) is 17.5. The van der Waals surface area contributed by atoms with E-state index in [1.807, 2.05) is 0 Å². The molecule has 1 aromatic carbocycles. The summed E-state index contributed by atoms with van der Waals surface area (Å²) in [6.07, 6.45) is 4.68. The maximum atomic E-state index is 13.4. The van der Waals surface area contributed by atoms with E-state index < -0.39 is 8.32 Å². The highest BCUT2D eigenvalue weighted by Gasteiger charge is 2.39. The van der Waals surface area contributed by atoms with Crippen molar-refractivity contribution in [3.8, 4) is 0 Å². The molecule has 0 aromatic heterocycles. The fourth-order valence-electron chi connectivity index (χ4n) is 2.75. The molecule has 0 bridgehead atoms. The van der Waals surface area contributed by atoms with Gasteiger partial charge in [-0.15, -0.1) is 0 Å². The average molecular weight is 402 g/mol. The summed E-state index contributed by atoms with van der Waals surface area (Å²) in [5.74, 6) is -0.203. The van der Waals surface area contributed by atoms with Gasteiger partial charge in [0.1, 0.15) is 5.82 Å². The number of benzene rings is 1. The highest BCUT2D eigenvalue weighted by molar-refractivity contribution is 9.10. The maximum Gasteiger partial charge on any atom is 0.192 e. The van der Waals surface area contributed by atoms with Gasteiger partial charge in [-0.05, 0) is 77.9 Å². The van der Waals surface area contributed by atoms with Crippen LogP contribution >= 0.6 is 15.9 Å². The second kappa shape index (κ2) is 7.24. The Labute approximate surface area is 149 Å². The molecule has 0 aliphatic heterocycles. The average Bonchev–Trinajstić information content (AvgIpc) is 2.43. The third-order valence-electron chi connectivity index (χ3n) is 5.23. The summed E-state index contributed by atoms with van der Waals surface area (Å²) in [5.41, 5.74) is 0.846. The monoisotopic (exact) mass is 401 g/mol. The van der Waals surface area contributed by atoms with E-state index in [-0.39, 0.29) is 10.9 Å². The fraction of sp³-hybridized carbons (Fsp3) is 0.667. The molecule has 130 valence electrons. The molecule has 5 heteroatoms. The largest absolute Gasteiger partial charge is 0.414 e. The Morgan fingerprint density at radius 2 is 1.78 bits per heavy atom. The molecule has 2 rings (SSSR count). The highest BCUT2D eigenvalue weighted by atomic mass is 79.9. The van der Waals surface area contributed by atoms with Crippen molar-refractivity contribution >= 4 is 29.9 Å². The van der Waals surface area contributed by atoms with Crippen LogP contribution in [0.4, 0.5) is 10.1 Å². The molecule has 1 aliphatic rings. The smallest absolute Gasteiger partial charge is 0.192 e. The van der Waals surface area contributed by atoms with E-state index in [9.17, 15) is 4.39 Å². The van der Waals surface area contributed by atoms with Crippen molar-refractivity contribution in [2.45, 2.75) is 76.7 Å². The van der Waals surface area contributed by atoms with E-state index in [4.69, 9.17) is 4.43 Å². The molecule has 2 nitrogen and oxygen atoms in total. The van der Waals surface area contributed by atoms with Gasteiger partial charge in [-0.2, -0.15) is 0 Å². The van der Waals surface area contributed by atoms with Crippen molar-refractivity contribution in [1.29, 1.82) is 0 Å². The third kappa shape index (κ3) is 5.04. The standard InChI is InChI=1S/C18H29BrFNOSi/c1-18(2,3)23(4,5)22-15-9-7-14(8-10-15)21-17-12-13(20)6-11-16(17)19/h6,11-12,14-15,21H,7-10H2,1-5H3. The Kier molecular flexibility index (Phi) is 5.96. The van der Waals surface area contributed by atoms with Gasteiger partial charge in [0.05, 0.1) is 5.69 Å². The first kappa shape index (κ1) is 18.9. The zero-order valence-electron chi connectivity index (χ0n) is 14.9. The Bertz CT molecular complexity index is 536. The number of halogens is 2. The molecule has 1 aliphatic carbocycles. The summed E-state index contributed by atoms with van der Waals surface area (Å²) in [6, 6.07) is 5.18. The molecule has 0 spiro atoms. The van der Waals surface area contributed by atoms with Gasteiger partial charge in [-0.1, -0.05) is 20.8 Å². The van der Waals surface area contributed by atoms with Crippen molar-refractivity contribution in [3.05, 3.63) is 28.5 Å². The summed E-state index contributed by atoms with van der Waals surface area (Å²) >= 11 is 3.48. The molecule has 0 saturated heterocycles. The van der Waals surface area contributed by atoms with Gasteiger partial charge in [-0.3, -0.25) is 0 Å². The van der Waals surface area contributed by atoms with Crippen molar-refractivity contribution in [2.75, 3.05) is 5.32 Å². The van der Waals surface area contributed by atoms with Crippen molar-refractivity contribution in [2.24, 2.45) is 0 Å². The second-order valence-corrected chi connectivity index (χ2v) is 13.7. The Morgan fingerprint density at radius 1 is 1.17 bits per heavy atom. The predicted octanol–water partition coefficient (Wildman–Crippen LogP) is 6.33. The van der Waals surface area contributed by atoms with E-state index in [2.05, 4.69) is 55.1 Å². The Hall–Kier alpha value is -0.393. The van der Waals surface area contributed by atoms with E-state index in [0.717, 1.165) is 35.8 Å². The summed E-state index contributed by atoms with van der Waals surface area (Å²) in [5, 5.41) is 3.73. The molecule has 0 atom stereocenters. The lowest BCUT2D eigenvalue weighted by molar-refractivity contribution is 0.133. The quantitative estimate of drug-likeness (QED) is 0.594. The molecular weight excluding hydrogens is 373 g/mol. The molecule has 1 aromatic rings. The SMILES string of the molecule is CC(C)(C)[Si](C)(C)OC1CCC(Nc2cc(F)ccc2Br)CC1. The second-order valence-electron chi connectivity index (χ2n) is 8.12. The van der Waals surface area contributed by atoms with Crippen LogP contribution in [0.2, 0.25) is 18.1 Å². The van der Waals surface area contributed by atoms with Gasteiger partial charge in [-0.25, -0.2) is 4.39 Å². The number of rotatable bonds is 4. The maximum absolute atomic E-state index is 13.4. The molecule has 1 fully saturated rings. The molecule has 0 radical (unpaired) electrons. The van der Waals surface area contributed by atoms with E-state index in [1.54, 1.807) is 12.1 Å². The summed E-state index contributed by atoms with van der Waals surface area (Å²) in [4.78, 5) is 0. The van der Waals surface area contributed by atoms with Crippen molar-refractivity contribution < 1.29 is 8.82 Å².